The minimum atomic E-state index is 1.09. The van der Waals surface area contributed by atoms with Gasteiger partial charge in [-0.05, 0) is 44.9 Å². The Morgan fingerprint density at radius 1 is 0.611 bits per heavy atom. The van der Waals surface area contributed by atoms with Crippen molar-refractivity contribution in [3.63, 3.8) is 0 Å². The summed E-state index contributed by atoms with van der Waals surface area (Å²) >= 11 is 0. The summed E-state index contributed by atoms with van der Waals surface area (Å²) in [4.78, 5) is 0. The van der Waals surface area contributed by atoms with Crippen molar-refractivity contribution in [1.82, 2.24) is 0 Å². The Balaban J connectivity index is 3.10. The molecular formula is C18H33. The molecule has 1 radical (unpaired) electrons. The Labute approximate surface area is 116 Å². The molecule has 0 aromatic heterocycles. The van der Waals surface area contributed by atoms with E-state index in [-0.39, 0.29) is 0 Å². The van der Waals surface area contributed by atoms with E-state index in [1.54, 1.807) is 0 Å². The van der Waals surface area contributed by atoms with E-state index in [4.69, 9.17) is 0 Å². The molecule has 0 N–H and O–H groups in total. The van der Waals surface area contributed by atoms with Gasteiger partial charge in [-0.2, -0.15) is 0 Å². The third kappa shape index (κ3) is 15.5. The fraction of sp³-hybridized carbons (Fsp3) is 0.722. The molecule has 0 saturated heterocycles. The second-order valence-electron chi connectivity index (χ2n) is 5.07. The van der Waals surface area contributed by atoms with Gasteiger partial charge in [-0.1, -0.05) is 70.3 Å². The Hall–Kier alpha value is -0.520. The van der Waals surface area contributed by atoms with Gasteiger partial charge in [-0.25, -0.2) is 0 Å². The molecule has 0 nitrogen and oxygen atoms in total. The van der Waals surface area contributed by atoms with Crippen LogP contribution in [0.15, 0.2) is 24.3 Å². The van der Waals surface area contributed by atoms with E-state index in [1.165, 1.54) is 70.6 Å². The van der Waals surface area contributed by atoms with Gasteiger partial charge >= 0.3 is 0 Å². The highest BCUT2D eigenvalue weighted by molar-refractivity contribution is 4.83. The Kier molecular flexibility index (Phi) is 16.0. The topological polar surface area (TPSA) is 0 Å². The largest absolute Gasteiger partial charge is 0.0885 e. The van der Waals surface area contributed by atoms with Crippen LogP contribution in [0.5, 0.6) is 0 Å². The lowest BCUT2D eigenvalue weighted by Gasteiger charge is -1.95. The first-order valence-corrected chi connectivity index (χ1v) is 8.01. The van der Waals surface area contributed by atoms with Crippen LogP contribution in [0.25, 0.3) is 0 Å². The van der Waals surface area contributed by atoms with Gasteiger partial charge in [0.2, 0.25) is 0 Å². The third-order valence-electron chi connectivity index (χ3n) is 3.17. The van der Waals surface area contributed by atoms with Crippen LogP contribution in [-0.4, -0.2) is 0 Å². The van der Waals surface area contributed by atoms with Crippen molar-refractivity contribution in [3.8, 4) is 0 Å². The molecule has 105 valence electrons. The summed E-state index contributed by atoms with van der Waals surface area (Å²) in [6.07, 6.45) is 24.9. The van der Waals surface area contributed by atoms with Gasteiger partial charge < -0.3 is 0 Å². The Bertz CT molecular complexity index is 188. The quantitative estimate of drug-likeness (QED) is 0.254. The van der Waals surface area contributed by atoms with Crippen LogP contribution >= 0.6 is 0 Å². The zero-order valence-corrected chi connectivity index (χ0v) is 12.5. The van der Waals surface area contributed by atoms with E-state index in [0.717, 1.165) is 6.42 Å². The smallest absolute Gasteiger partial charge is 0.0351 e. The first-order valence-electron chi connectivity index (χ1n) is 8.01. The Morgan fingerprint density at radius 3 is 1.50 bits per heavy atom. The first kappa shape index (κ1) is 17.5. The second-order valence-corrected chi connectivity index (χ2v) is 5.07. The fourth-order valence-electron chi connectivity index (χ4n) is 1.93. The molecule has 0 amide bonds. The van der Waals surface area contributed by atoms with Gasteiger partial charge in [0.1, 0.15) is 0 Å². The molecule has 0 aliphatic rings. The number of unbranched alkanes of at least 4 members (excludes halogenated alkanes) is 9. The van der Waals surface area contributed by atoms with Gasteiger partial charge in [-0.15, -0.1) is 0 Å². The van der Waals surface area contributed by atoms with Gasteiger partial charge in [-0.3, -0.25) is 0 Å². The molecule has 18 heavy (non-hydrogen) atoms. The number of hydrogen-bond acceptors (Lipinski definition) is 0. The molecule has 0 atom stereocenters. The fourth-order valence-corrected chi connectivity index (χ4v) is 1.93. The molecule has 0 fully saturated rings. The van der Waals surface area contributed by atoms with Crippen LogP contribution in [0.3, 0.4) is 0 Å². The van der Waals surface area contributed by atoms with E-state index in [1.807, 2.05) is 0 Å². The van der Waals surface area contributed by atoms with Gasteiger partial charge in [0.05, 0.1) is 0 Å². The number of allylic oxidation sites excluding steroid dienone is 4. The number of hydrogen-bond donors (Lipinski definition) is 0. The molecular weight excluding hydrogens is 216 g/mol. The highest BCUT2D eigenvalue weighted by Crippen LogP contribution is 2.06. The maximum atomic E-state index is 3.86. The minimum absolute atomic E-state index is 1.09. The van der Waals surface area contributed by atoms with Crippen molar-refractivity contribution >= 4 is 0 Å². The predicted octanol–water partition coefficient (Wildman–Crippen LogP) is 6.63. The normalized spacial score (nSPS) is 11.9. The highest BCUT2D eigenvalue weighted by Gasteiger charge is 1.86. The molecule has 0 spiro atoms. The lowest BCUT2D eigenvalue weighted by molar-refractivity contribution is 0.692. The van der Waals surface area contributed by atoms with Crippen molar-refractivity contribution in [2.24, 2.45) is 0 Å². The lowest BCUT2D eigenvalue weighted by Crippen LogP contribution is -1.75. The maximum Gasteiger partial charge on any atom is -0.0351 e. The summed E-state index contributed by atoms with van der Waals surface area (Å²) < 4.78 is 0. The van der Waals surface area contributed by atoms with E-state index >= 15 is 0 Å². The van der Waals surface area contributed by atoms with E-state index in [2.05, 4.69) is 38.2 Å². The Morgan fingerprint density at radius 2 is 1.06 bits per heavy atom. The molecule has 0 heterocycles. The predicted molar refractivity (Wildman–Crippen MR) is 84.7 cm³/mol. The third-order valence-corrected chi connectivity index (χ3v) is 3.17. The number of rotatable bonds is 13. The molecule has 0 rings (SSSR count). The summed E-state index contributed by atoms with van der Waals surface area (Å²) in [5, 5.41) is 0. The molecule has 0 aromatic rings. The van der Waals surface area contributed by atoms with Crippen molar-refractivity contribution < 1.29 is 0 Å². The van der Waals surface area contributed by atoms with E-state index < -0.39 is 0 Å². The molecule has 0 saturated carbocycles. The van der Waals surface area contributed by atoms with E-state index in [0.29, 0.717) is 0 Å². The van der Waals surface area contributed by atoms with Gasteiger partial charge in [0.25, 0.3) is 0 Å². The van der Waals surface area contributed by atoms with Crippen LogP contribution < -0.4 is 0 Å². The zero-order valence-electron chi connectivity index (χ0n) is 12.5. The van der Waals surface area contributed by atoms with Gasteiger partial charge in [0.15, 0.2) is 0 Å². The van der Waals surface area contributed by atoms with Crippen LogP contribution in [0, 0.1) is 6.92 Å². The van der Waals surface area contributed by atoms with Crippen molar-refractivity contribution in [2.45, 2.75) is 84.0 Å². The average molecular weight is 249 g/mol. The monoisotopic (exact) mass is 249 g/mol. The minimum Gasteiger partial charge on any atom is -0.0885 e. The van der Waals surface area contributed by atoms with E-state index in [9.17, 15) is 0 Å². The average Bonchev–Trinajstić information content (AvgIpc) is 2.39. The standard InChI is InChI=1S/C18H33/c1-3-5-7-9-11-13-15-17-18-16-14-12-10-8-6-4-2/h10,12-13,15H,1,3-9,11,14,16-18H2,2H3. The molecule has 0 heteroatoms. The second kappa shape index (κ2) is 16.5. The molecule has 0 bridgehead atoms. The summed E-state index contributed by atoms with van der Waals surface area (Å²) in [7, 11) is 0. The SMILES string of the molecule is [CH2]CCCCCC=CCCCCC=CCCCC. The summed E-state index contributed by atoms with van der Waals surface area (Å²) in [6.45, 7) is 6.11. The van der Waals surface area contributed by atoms with Crippen molar-refractivity contribution in [2.75, 3.05) is 0 Å². The summed E-state index contributed by atoms with van der Waals surface area (Å²) in [6, 6.07) is 0. The molecule has 0 aromatic carbocycles. The molecule has 0 aliphatic carbocycles. The first-order chi connectivity index (χ1) is 8.91. The van der Waals surface area contributed by atoms with Crippen LogP contribution in [0.1, 0.15) is 84.0 Å². The summed E-state index contributed by atoms with van der Waals surface area (Å²) in [5.41, 5.74) is 0. The van der Waals surface area contributed by atoms with Gasteiger partial charge in [0, 0.05) is 0 Å². The maximum absolute atomic E-state index is 3.86. The zero-order chi connectivity index (χ0) is 13.3. The van der Waals surface area contributed by atoms with Crippen LogP contribution in [-0.2, 0) is 0 Å². The summed E-state index contributed by atoms with van der Waals surface area (Å²) in [5.74, 6) is 0. The van der Waals surface area contributed by atoms with Crippen LogP contribution in [0.2, 0.25) is 0 Å². The lowest BCUT2D eigenvalue weighted by atomic mass is 10.1. The highest BCUT2D eigenvalue weighted by atomic mass is 13.9. The molecule has 0 aliphatic heterocycles. The van der Waals surface area contributed by atoms with Crippen molar-refractivity contribution in [1.29, 1.82) is 0 Å². The van der Waals surface area contributed by atoms with Crippen LogP contribution in [0.4, 0.5) is 0 Å². The van der Waals surface area contributed by atoms with Crippen molar-refractivity contribution in [3.05, 3.63) is 31.2 Å². The molecule has 0 unspecified atom stereocenters.